The van der Waals surface area contributed by atoms with Crippen LogP contribution in [0.25, 0.3) is 0 Å². The Balaban J connectivity index is 2.04. The van der Waals surface area contributed by atoms with Crippen molar-refractivity contribution in [3.63, 3.8) is 0 Å². The molecule has 1 aromatic carbocycles. The molecule has 106 valence electrons. The van der Waals surface area contributed by atoms with Crippen LogP contribution in [0.3, 0.4) is 0 Å². The molecule has 2 nitrogen and oxygen atoms in total. The highest BCUT2D eigenvalue weighted by atomic mass is 19.2. The number of hydrogen-bond acceptors (Lipinski definition) is 2. The van der Waals surface area contributed by atoms with E-state index in [1.165, 1.54) is 18.9 Å². The minimum atomic E-state index is -0.824. The number of nitrogens with zero attached hydrogens (tertiary/aromatic N) is 1. The number of halogens is 2. The van der Waals surface area contributed by atoms with E-state index in [-0.39, 0.29) is 6.04 Å². The normalized spacial score (nSPS) is 22.1. The fraction of sp³-hybridized carbons (Fsp3) is 0.600. The van der Waals surface area contributed by atoms with Crippen LogP contribution in [0.1, 0.15) is 38.3 Å². The van der Waals surface area contributed by atoms with Gasteiger partial charge in [-0.25, -0.2) is 8.78 Å². The Morgan fingerprint density at radius 2 is 2.05 bits per heavy atom. The van der Waals surface area contributed by atoms with Crippen LogP contribution < -0.4 is 5.73 Å². The van der Waals surface area contributed by atoms with Gasteiger partial charge in [-0.1, -0.05) is 19.9 Å². The van der Waals surface area contributed by atoms with E-state index in [0.29, 0.717) is 24.1 Å². The molecule has 2 N–H and O–H groups in total. The minimum Gasteiger partial charge on any atom is -0.323 e. The van der Waals surface area contributed by atoms with Crippen LogP contribution in [0, 0.1) is 17.6 Å². The molecule has 1 fully saturated rings. The van der Waals surface area contributed by atoms with Gasteiger partial charge in [0.2, 0.25) is 0 Å². The molecule has 1 aliphatic rings. The van der Waals surface area contributed by atoms with Crippen LogP contribution in [0.4, 0.5) is 8.78 Å². The topological polar surface area (TPSA) is 29.3 Å². The maximum Gasteiger partial charge on any atom is 0.159 e. The van der Waals surface area contributed by atoms with Gasteiger partial charge in [-0.2, -0.15) is 0 Å². The summed E-state index contributed by atoms with van der Waals surface area (Å²) in [7, 11) is 0. The van der Waals surface area contributed by atoms with Crippen molar-refractivity contribution in [3.8, 4) is 0 Å². The molecular formula is C15H22F2N2. The Kier molecular flexibility index (Phi) is 4.53. The lowest BCUT2D eigenvalue weighted by Crippen LogP contribution is -2.38. The van der Waals surface area contributed by atoms with E-state index in [1.54, 1.807) is 6.07 Å². The molecule has 1 aliphatic heterocycles. The maximum absolute atomic E-state index is 13.2. The van der Waals surface area contributed by atoms with Crippen LogP contribution in [0.5, 0.6) is 0 Å². The molecule has 0 spiro atoms. The third-order valence-electron chi connectivity index (χ3n) is 3.99. The lowest BCUT2D eigenvalue weighted by molar-refractivity contribution is 0.195. The first-order valence-corrected chi connectivity index (χ1v) is 6.93. The monoisotopic (exact) mass is 268 g/mol. The number of rotatable bonds is 4. The number of hydrogen-bond donors (Lipinski definition) is 1. The Morgan fingerprint density at radius 3 is 2.68 bits per heavy atom. The Labute approximate surface area is 113 Å². The zero-order chi connectivity index (χ0) is 14.0. The molecule has 1 saturated heterocycles. The summed E-state index contributed by atoms with van der Waals surface area (Å²) < 4.78 is 26.1. The third kappa shape index (κ3) is 3.31. The van der Waals surface area contributed by atoms with Crippen molar-refractivity contribution in [2.45, 2.75) is 38.8 Å². The van der Waals surface area contributed by atoms with Crippen LogP contribution in [-0.2, 0) is 0 Å². The van der Waals surface area contributed by atoms with Gasteiger partial charge in [0.1, 0.15) is 0 Å². The second kappa shape index (κ2) is 5.97. The lowest BCUT2D eigenvalue weighted by Gasteiger charge is -2.30. The van der Waals surface area contributed by atoms with E-state index in [9.17, 15) is 8.78 Å². The van der Waals surface area contributed by atoms with Crippen molar-refractivity contribution < 1.29 is 8.78 Å². The van der Waals surface area contributed by atoms with Crippen molar-refractivity contribution in [1.29, 1.82) is 0 Å². The van der Waals surface area contributed by atoms with E-state index in [4.69, 9.17) is 5.73 Å². The van der Waals surface area contributed by atoms with Crippen LogP contribution >= 0.6 is 0 Å². The summed E-state index contributed by atoms with van der Waals surface area (Å²) in [5.41, 5.74) is 6.79. The molecule has 0 amide bonds. The molecule has 0 radical (unpaired) electrons. The van der Waals surface area contributed by atoms with Gasteiger partial charge in [0, 0.05) is 18.6 Å². The molecule has 1 aromatic rings. The lowest BCUT2D eigenvalue weighted by atomic mass is 10.0. The Hall–Kier alpha value is -1.00. The predicted molar refractivity (Wildman–Crippen MR) is 72.7 cm³/mol. The maximum atomic E-state index is 13.2. The van der Waals surface area contributed by atoms with Crippen molar-refractivity contribution in [1.82, 2.24) is 4.90 Å². The van der Waals surface area contributed by atoms with Crippen molar-refractivity contribution in [2.24, 2.45) is 11.7 Å². The van der Waals surface area contributed by atoms with Gasteiger partial charge in [-0.3, -0.25) is 4.90 Å². The van der Waals surface area contributed by atoms with E-state index in [2.05, 4.69) is 18.7 Å². The van der Waals surface area contributed by atoms with Crippen LogP contribution in [0.15, 0.2) is 18.2 Å². The molecule has 0 aliphatic carbocycles. The predicted octanol–water partition coefficient (Wildman–Crippen LogP) is 3.09. The molecule has 0 bridgehead atoms. The molecule has 0 aromatic heterocycles. The summed E-state index contributed by atoms with van der Waals surface area (Å²) in [5.74, 6) is -1.05. The summed E-state index contributed by atoms with van der Waals surface area (Å²) in [4.78, 5) is 2.37. The molecular weight excluding hydrogens is 246 g/mol. The first kappa shape index (κ1) is 14.4. The van der Waals surface area contributed by atoms with Gasteiger partial charge in [0.25, 0.3) is 0 Å². The average Bonchev–Trinajstić information content (AvgIpc) is 2.80. The van der Waals surface area contributed by atoms with E-state index in [0.717, 1.165) is 12.6 Å². The first-order chi connectivity index (χ1) is 8.99. The van der Waals surface area contributed by atoms with E-state index >= 15 is 0 Å². The van der Waals surface area contributed by atoms with Gasteiger partial charge >= 0.3 is 0 Å². The molecule has 4 heteroatoms. The SMILES string of the molecule is CC(C)C1CCCN1CC(N)c1ccc(F)c(F)c1. The van der Waals surface area contributed by atoms with Gasteiger partial charge in [0.05, 0.1) is 0 Å². The van der Waals surface area contributed by atoms with Crippen LogP contribution in [-0.4, -0.2) is 24.0 Å². The van der Waals surface area contributed by atoms with Crippen molar-refractivity contribution in [3.05, 3.63) is 35.4 Å². The van der Waals surface area contributed by atoms with Gasteiger partial charge in [-0.15, -0.1) is 0 Å². The van der Waals surface area contributed by atoms with Gasteiger partial charge in [0.15, 0.2) is 11.6 Å². The summed E-state index contributed by atoms with van der Waals surface area (Å²) in [5, 5.41) is 0. The van der Waals surface area contributed by atoms with Crippen LogP contribution in [0.2, 0.25) is 0 Å². The first-order valence-electron chi connectivity index (χ1n) is 6.93. The van der Waals surface area contributed by atoms with Crippen molar-refractivity contribution in [2.75, 3.05) is 13.1 Å². The molecule has 0 saturated carbocycles. The number of likely N-dealkylation sites (tertiary alicyclic amines) is 1. The molecule has 1 heterocycles. The third-order valence-corrected chi connectivity index (χ3v) is 3.99. The van der Waals surface area contributed by atoms with Gasteiger partial charge in [-0.05, 0) is 43.0 Å². The summed E-state index contributed by atoms with van der Waals surface area (Å²) in [6, 6.07) is 4.21. The summed E-state index contributed by atoms with van der Waals surface area (Å²) >= 11 is 0. The smallest absolute Gasteiger partial charge is 0.159 e. The molecule has 2 rings (SSSR count). The summed E-state index contributed by atoms with van der Waals surface area (Å²) in [6.07, 6.45) is 2.38. The van der Waals surface area contributed by atoms with Gasteiger partial charge < -0.3 is 5.73 Å². The number of benzene rings is 1. The van der Waals surface area contributed by atoms with E-state index in [1.807, 2.05) is 0 Å². The van der Waals surface area contributed by atoms with E-state index < -0.39 is 11.6 Å². The highest BCUT2D eigenvalue weighted by Gasteiger charge is 2.28. The zero-order valence-electron chi connectivity index (χ0n) is 11.6. The number of nitrogens with two attached hydrogens (primary N) is 1. The Bertz CT molecular complexity index is 434. The highest BCUT2D eigenvalue weighted by molar-refractivity contribution is 5.21. The fourth-order valence-corrected chi connectivity index (χ4v) is 2.93. The second-order valence-electron chi connectivity index (χ2n) is 5.73. The summed E-state index contributed by atoms with van der Waals surface area (Å²) in [6.45, 7) is 6.17. The Morgan fingerprint density at radius 1 is 1.32 bits per heavy atom. The molecule has 19 heavy (non-hydrogen) atoms. The van der Waals surface area contributed by atoms with Crippen molar-refractivity contribution >= 4 is 0 Å². The highest BCUT2D eigenvalue weighted by Crippen LogP contribution is 2.26. The minimum absolute atomic E-state index is 0.269. The molecule has 2 unspecified atom stereocenters. The average molecular weight is 268 g/mol. The molecule has 2 atom stereocenters. The second-order valence-corrected chi connectivity index (χ2v) is 5.73. The zero-order valence-corrected chi connectivity index (χ0v) is 11.6. The quantitative estimate of drug-likeness (QED) is 0.909. The fourth-order valence-electron chi connectivity index (χ4n) is 2.93. The standard InChI is InChI=1S/C15H22F2N2/c1-10(2)15-4-3-7-19(15)9-14(18)11-5-6-12(16)13(17)8-11/h5-6,8,10,14-15H,3-4,7,9,18H2,1-2H3. The largest absolute Gasteiger partial charge is 0.323 e.